The third-order valence-electron chi connectivity index (χ3n) is 2.45. The molecule has 0 fully saturated rings. The lowest BCUT2D eigenvalue weighted by molar-refractivity contribution is 0.0697. The van der Waals surface area contributed by atoms with Gasteiger partial charge in [0.15, 0.2) is 0 Å². The molecule has 0 aliphatic heterocycles. The number of aromatic carboxylic acids is 1. The van der Waals surface area contributed by atoms with Crippen molar-refractivity contribution in [1.29, 1.82) is 0 Å². The van der Waals surface area contributed by atoms with Gasteiger partial charge in [-0.05, 0) is 30.7 Å². The quantitative estimate of drug-likeness (QED) is 0.698. The predicted molar refractivity (Wildman–Crippen MR) is 57.9 cm³/mol. The molecule has 0 saturated carbocycles. The zero-order chi connectivity index (χ0) is 11.0. The number of rotatable bonds is 2. The Bertz CT molecular complexity index is 514. The van der Waals surface area contributed by atoms with Gasteiger partial charge in [-0.15, -0.1) is 0 Å². The lowest BCUT2D eigenvalue weighted by Crippen LogP contribution is -2.04. The van der Waals surface area contributed by atoms with E-state index in [0.717, 1.165) is 16.5 Å². The number of carbonyl (C=O) groups is 1. The fraction of sp³-hybridized carbons (Fsp3) is 0.182. The minimum Gasteiger partial charge on any atom is -0.478 e. The number of nitrogens with two attached hydrogens (primary N) is 1. The van der Waals surface area contributed by atoms with Crippen LogP contribution < -0.4 is 5.73 Å². The number of nitrogens with one attached hydrogen (secondary N) is 1. The van der Waals surface area contributed by atoms with Crippen molar-refractivity contribution >= 4 is 16.9 Å². The second-order valence-electron chi connectivity index (χ2n) is 3.60. The van der Waals surface area contributed by atoms with Crippen molar-refractivity contribution in [3.05, 3.63) is 35.5 Å². The number of carboxylic acids is 1. The molecule has 1 atom stereocenters. The number of carboxylic acid groups (broad SMARTS) is 1. The number of fused-ring (bicyclic) bond motifs is 1. The number of aromatic amines is 1. The first-order valence-corrected chi connectivity index (χ1v) is 4.69. The second kappa shape index (κ2) is 3.40. The molecule has 1 heterocycles. The lowest BCUT2D eigenvalue weighted by Gasteiger charge is -2.03. The van der Waals surface area contributed by atoms with Gasteiger partial charge in [0.25, 0.3) is 0 Å². The van der Waals surface area contributed by atoms with Crippen LogP contribution in [0.4, 0.5) is 0 Å². The molecule has 2 aromatic rings. The third kappa shape index (κ3) is 1.59. The van der Waals surface area contributed by atoms with Crippen LogP contribution in [0, 0.1) is 0 Å². The van der Waals surface area contributed by atoms with Gasteiger partial charge in [0.1, 0.15) is 0 Å². The molecule has 78 valence electrons. The molecular weight excluding hydrogens is 192 g/mol. The van der Waals surface area contributed by atoms with Crippen molar-refractivity contribution in [1.82, 2.24) is 4.98 Å². The molecule has 2 rings (SSSR count). The van der Waals surface area contributed by atoms with E-state index in [1.165, 1.54) is 0 Å². The molecule has 0 aliphatic carbocycles. The number of H-pyrrole nitrogens is 1. The lowest BCUT2D eigenvalue weighted by atomic mass is 10.1. The molecule has 0 radical (unpaired) electrons. The second-order valence-corrected chi connectivity index (χ2v) is 3.60. The van der Waals surface area contributed by atoms with Crippen molar-refractivity contribution in [2.75, 3.05) is 0 Å². The van der Waals surface area contributed by atoms with Gasteiger partial charge in [0.2, 0.25) is 0 Å². The van der Waals surface area contributed by atoms with Gasteiger partial charge in [-0.25, -0.2) is 4.79 Å². The Morgan fingerprint density at radius 2 is 2.27 bits per heavy atom. The first-order chi connectivity index (χ1) is 7.09. The van der Waals surface area contributed by atoms with E-state index in [2.05, 4.69) is 4.98 Å². The van der Waals surface area contributed by atoms with Gasteiger partial charge in [-0.1, -0.05) is 0 Å². The highest BCUT2D eigenvalue weighted by Crippen LogP contribution is 2.23. The number of benzene rings is 1. The third-order valence-corrected chi connectivity index (χ3v) is 2.45. The molecule has 1 aromatic carbocycles. The summed E-state index contributed by atoms with van der Waals surface area (Å²) < 4.78 is 0. The summed E-state index contributed by atoms with van der Waals surface area (Å²) in [7, 11) is 0. The van der Waals surface area contributed by atoms with Crippen molar-refractivity contribution in [3.63, 3.8) is 0 Å². The van der Waals surface area contributed by atoms with Crippen LogP contribution >= 0.6 is 0 Å². The number of aromatic nitrogens is 1. The van der Waals surface area contributed by atoms with Gasteiger partial charge in [-0.3, -0.25) is 0 Å². The molecule has 0 spiro atoms. The normalized spacial score (nSPS) is 12.9. The maximum absolute atomic E-state index is 10.8. The van der Waals surface area contributed by atoms with Gasteiger partial charge in [0, 0.05) is 23.1 Å². The van der Waals surface area contributed by atoms with E-state index < -0.39 is 5.97 Å². The Morgan fingerprint density at radius 3 is 2.87 bits per heavy atom. The van der Waals surface area contributed by atoms with E-state index in [0.29, 0.717) is 0 Å². The van der Waals surface area contributed by atoms with Crippen LogP contribution in [0.2, 0.25) is 0 Å². The fourth-order valence-electron chi connectivity index (χ4n) is 1.65. The molecule has 1 unspecified atom stereocenters. The van der Waals surface area contributed by atoms with Crippen molar-refractivity contribution in [2.45, 2.75) is 13.0 Å². The number of hydrogen-bond acceptors (Lipinski definition) is 2. The summed E-state index contributed by atoms with van der Waals surface area (Å²) >= 11 is 0. The molecule has 4 heteroatoms. The van der Waals surface area contributed by atoms with E-state index in [-0.39, 0.29) is 11.6 Å². The van der Waals surface area contributed by atoms with Crippen LogP contribution in [0.1, 0.15) is 28.9 Å². The summed E-state index contributed by atoms with van der Waals surface area (Å²) in [4.78, 5) is 13.9. The maximum atomic E-state index is 10.8. The summed E-state index contributed by atoms with van der Waals surface area (Å²) in [5.74, 6) is -0.922. The molecule has 4 nitrogen and oxygen atoms in total. The van der Waals surface area contributed by atoms with Crippen molar-refractivity contribution in [3.8, 4) is 0 Å². The molecule has 1 aromatic heterocycles. The molecule has 0 aliphatic rings. The Labute approximate surface area is 86.7 Å². The summed E-state index contributed by atoms with van der Waals surface area (Å²) in [6, 6.07) is 4.87. The van der Waals surface area contributed by atoms with Crippen LogP contribution in [-0.2, 0) is 0 Å². The summed E-state index contributed by atoms with van der Waals surface area (Å²) in [6.45, 7) is 1.87. The van der Waals surface area contributed by atoms with Gasteiger partial charge >= 0.3 is 5.97 Å². The minimum atomic E-state index is -0.922. The first kappa shape index (κ1) is 9.73. The van der Waals surface area contributed by atoms with Crippen LogP contribution in [0.5, 0.6) is 0 Å². The van der Waals surface area contributed by atoms with Crippen LogP contribution in [-0.4, -0.2) is 16.1 Å². The highest BCUT2D eigenvalue weighted by atomic mass is 16.4. The predicted octanol–water partition coefficient (Wildman–Crippen LogP) is 1.89. The fourth-order valence-corrected chi connectivity index (χ4v) is 1.65. The topological polar surface area (TPSA) is 79.1 Å². The number of hydrogen-bond donors (Lipinski definition) is 3. The SMILES string of the molecule is CC(N)c1c[nH]c2ccc(C(=O)O)cc12. The maximum Gasteiger partial charge on any atom is 0.335 e. The summed E-state index contributed by atoms with van der Waals surface area (Å²) in [5.41, 5.74) is 7.91. The largest absolute Gasteiger partial charge is 0.478 e. The molecule has 0 saturated heterocycles. The van der Waals surface area contributed by atoms with Crippen LogP contribution in [0.25, 0.3) is 10.9 Å². The van der Waals surface area contributed by atoms with E-state index in [4.69, 9.17) is 10.8 Å². The minimum absolute atomic E-state index is 0.109. The van der Waals surface area contributed by atoms with Gasteiger partial charge in [-0.2, -0.15) is 0 Å². The van der Waals surface area contributed by atoms with Crippen molar-refractivity contribution < 1.29 is 9.90 Å². The summed E-state index contributed by atoms with van der Waals surface area (Å²) in [5, 5.41) is 9.75. The standard InChI is InChI=1S/C11H12N2O2/c1-6(12)9-5-13-10-3-2-7(11(14)15)4-8(9)10/h2-6,13H,12H2,1H3,(H,14,15). The Morgan fingerprint density at radius 1 is 1.53 bits per heavy atom. The van der Waals surface area contributed by atoms with E-state index in [1.807, 2.05) is 13.1 Å². The highest BCUT2D eigenvalue weighted by Gasteiger charge is 2.10. The Balaban J connectivity index is 2.66. The Hall–Kier alpha value is -1.81. The smallest absolute Gasteiger partial charge is 0.335 e. The van der Waals surface area contributed by atoms with Gasteiger partial charge in [0.05, 0.1) is 5.56 Å². The zero-order valence-corrected chi connectivity index (χ0v) is 8.32. The Kier molecular flexibility index (Phi) is 2.21. The molecular formula is C11H12N2O2. The average Bonchev–Trinajstić information content (AvgIpc) is 2.59. The molecule has 0 amide bonds. The van der Waals surface area contributed by atoms with E-state index >= 15 is 0 Å². The molecule has 4 N–H and O–H groups in total. The molecule has 15 heavy (non-hydrogen) atoms. The van der Waals surface area contributed by atoms with Gasteiger partial charge < -0.3 is 15.8 Å². The highest BCUT2D eigenvalue weighted by molar-refractivity contribution is 5.94. The first-order valence-electron chi connectivity index (χ1n) is 4.69. The van der Waals surface area contributed by atoms with Crippen LogP contribution in [0.3, 0.4) is 0 Å². The van der Waals surface area contributed by atoms with Crippen LogP contribution in [0.15, 0.2) is 24.4 Å². The van der Waals surface area contributed by atoms with E-state index in [1.54, 1.807) is 18.2 Å². The van der Waals surface area contributed by atoms with E-state index in [9.17, 15) is 4.79 Å². The average molecular weight is 204 g/mol. The van der Waals surface area contributed by atoms with Crippen molar-refractivity contribution in [2.24, 2.45) is 5.73 Å². The monoisotopic (exact) mass is 204 g/mol. The molecule has 0 bridgehead atoms. The summed E-state index contributed by atoms with van der Waals surface area (Å²) in [6.07, 6.45) is 1.82. The zero-order valence-electron chi connectivity index (χ0n) is 8.32.